The first kappa shape index (κ1) is 14.2. The van der Waals surface area contributed by atoms with Gasteiger partial charge < -0.3 is 4.74 Å². The number of carbonyl (C=O) groups excluding carboxylic acids is 1. The van der Waals surface area contributed by atoms with Gasteiger partial charge in [0, 0.05) is 12.1 Å². The largest absolute Gasteiger partial charge is 0.497 e. The number of rotatable bonds is 3. The van der Waals surface area contributed by atoms with Crippen molar-refractivity contribution in [3.8, 4) is 11.8 Å². The molecule has 0 unspecified atom stereocenters. The van der Waals surface area contributed by atoms with E-state index in [1.807, 2.05) is 54.6 Å². The summed E-state index contributed by atoms with van der Waals surface area (Å²) in [6, 6.07) is 19.1. The molecular weight excluding hydrogens is 276 g/mol. The molecule has 0 aromatic heterocycles. The molecule has 1 amide bonds. The van der Waals surface area contributed by atoms with Crippen LogP contribution >= 0.6 is 0 Å². The normalized spacial score (nSPS) is 20.7. The summed E-state index contributed by atoms with van der Waals surface area (Å²) in [6.07, 6.45) is 0.859. The molecule has 4 nitrogen and oxygen atoms in total. The maximum atomic E-state index is 12.4. The van der Waals surface area contributed by atoms with Crippen LogP contribution in [0.25, 0.3) is 0 Å². The quantitative estimate of drug-likeness (QED) is 0.872. The van der Waals surface area contributed by atoms with Gasteiger partial charge in [-0.3, -0.25) is 9.69 Å². The Hall–Kier alpha value is -2.80. The minimum absolute atomic E-state index is 0.0245. The maximum absolute atomic E-state index is 12.4. The summed E-state index contributed by atoms with van der Waals surface area (Å²) >= 11 is 0. The van der Waals surface area contributed by atoms with Crippen molar-refractivity contribution in [3.63, 3.8) is 0 Å². The van der Waals surface area contributed by atoms with Gasteiger partial charge in [-0.2, -0.15) is 5.26 Å². The fourth-order valence-corrected chi connectivity index (χ4v) is 2.98. The van der Waals surface area contributed by atoms with E-state index in [2.05, 4.69) is 6.07 Å². The molecule has 4 heteroatoms. The molecule has 3 rings (SSSR count). The molecule has 1 aliphatic rings. The molecule has 1 heterocycles. The number of benzene rings is 2. The zero-order valence-electron chi connectivity index (χ0n) is 12.3. The Labute approximate surface area is 129 Å². The third kappa shape index (κ3) is 2.11. The summed E-state index contributed by atoms with van der Waals surface area (Å²) in [5.41, 5.74) is 0.609. The molecule has 0 saturated carbocycles. The molecule has 2 aromatic rings. The lowest BCUT2D eigenvalue weighted by Crippen LogP contribution is -2.42. The number of carbonyl (C=O) groups is 1. The van der Waals surface area contributed by atoms with Crippen LogP contribution in [0, 0.1) is 11.3 Å². The second-order valence-electron chi connectivity index (χ2n) is 5.27. The van der Waals surface area contributed by atoms with Gasteiger partial charge in [-0.05, 0) is 36.2 Å². The van der Waals surface area contributed by atoms with Crippen molar-refractivity contribution in [3.05, 3.63) is 60.2 Å². The lowest BCUT2D eigenvalue weighted by Gasteiger charge is -2.33. The van der Waals surface area contributed by atoms with Gasteiger partial charge in [0.05, 0.1) is 13.2 Å². The van der Waals surface area contributed by atoms with E-state index in [0.29, 0.717) is 12.8 Å². The van der Waals surface area contributed by atoms with E-state index in [4.69, 9.17) is 4.74 Å². The number of methoxy groups -OCH3 is 1. The highest BCUT2D eigenvalue weighted by Crippen LogP contribution is 2.42. The van der Waals surface area contributed by atoms with Gasteiger partial charge in [-0.1, -0.05) is 30.3 Å². The third-order valence-corrected chi connectivity index (χ3v) is 4.10. The molecule has 0 N–H and O–H groups in total. The zero-order valence-corrected chi connectivity index (χ0v) is 12.3. The van der Waals surface area contributed by atoms with Crippen LogP contribution in [0.3, 0.4) is 0 Å². The maximum Gasteiger partial charge on any atom is 0.228 e. The summed E-state index contributed by atoms with van der Waals surface area (Å²) in [6.45, 7) is 0. The van der Waals surface area contributed by atoms with Gasteiger partial charge in [-0.15, -0.1) is 0 Å². The van der Waals surface area contributed by atoms with Crippen LogP contribution in [0.5, 0.6) is 5.75 Å². The fraction of sp³-hybridized carbons (Fsp3) is 0.222. The van der Waals surface area contributed by atoms with E-state index in [1.54, 1.807) is 12.0 Å². The Morgan fingerprint density at radius 3 is 2.41 bits per heavy atom. The number of ether oxygens (including phenoxy) is 1. The van der Waals surface area contributed by atoms with Crippen LogP contribution in [0.15, 0.2) is 54.6 Å². The van der Waals surface area contributed by atoms with E-state index in [0.717, 1.165) is 17.0 Å². The first-order chi connectivity index (χ1) is 10.7. The van der Waals surface area contributed by atoms with Crippen LogP contribution in [-0.2, 0) is 10.3 Å². The van der Waals surface area contributed by atoms with Crippen LogP contribution in [0.2, 0.25) is 0 Å². The molecule has 22 heavy (non-hydrogen) atoms. The van der Waals surface area contributed by atoms with E-state index in [9.17, 15) is 10.1 Å². The number of nitrogens with zero attached hydrogens (tertiary/aromatic N) is 2. The fourth-order valence-electron chi connectivity index (χ4n) is 2.98. The molecule has 0 spiro atoms. The zero-order chi connectivity index (χ0) is 15.6. The van der Waals surface area contributed by atoms with Crippen molar-refractivity contribution in [2.45, 2.75) is 18.4 Å². The van der Waals surface area contributed by atoms with Crippen LogP contribution < -0.4 is 9.64 Å². The van der Waals surface area contributed by atoms with E-state index in [1.165, 1.54) is 0 Å². The highest BCUT2D eigenvalue weighted by Gasteiger charge is 2.48. The number of amides is 1. The predicted molar refractivity (Wildman–Crippen MR) is 83.4 cm³/mol. The lowest BCUT2D eigenvalue weighted by molar-refractivity contribution is -0.117. The second kappa shape index (κ2) is 5.53. The molecule has 1 aliphatic heterocycles. The van der Waals surface area contributed by atoms with Gasteiger partial charge in [-0.25, -0.2) is 0 Å². The molecule has 110 valence electrons. The molecule has 1 atom stereocenters. The summed E-state index contributed by atoms with van der Waals surface area (Å²) in [5, 5.41) is 9.87. The van der Waals surface area contributed by atoms with Crippen LogP contribution in [0.4, 0.5) is 5.69 Å². The van der Waals surface area contributed by atoms with Crippen LogP contribution in [-0.4, -0.2) is 13.0 Å². The molecule has 0 radical (unpaired) electrons. The Morgan fingerprint density at radius 2 is 1.82 bits per heavy atom. The standard InChI is InChI=1S/C18H16N2O2/c1-22-16-9-7-14(8-10-16)18(13-19)12-11-17(21)20(18)15-5-3-2-4-6-15/h2-10H,11-12H2,1H3/t18-/m1/s1. The predicted octanol–water partition coefficient (Wildman–Crippen LogP) is 3.24. The Kier molecular flexibility index (Phi) is 3.56. The SMILES string of the molecule is COc1ccc([C@]2(C#N)CCC(=O)N2c2ccccc2)cc1. The van der Waals surface area contributed by atoms with Crippen molar-refractivity contribution < 1.29 is 9.53 Å². The number of nitriles is 1. The van der Waals surface area contributed by atoms with Crippen molar-refractivity contribution in [1.29, 1.82) is 5.26 Å². The van der Waals surface area contributed by atoms with E-state index < -0.39 is 5.54 Å². The molecule has 2 aromatic carbocycles. The van der Waals surface area contributed by atoms with Gasteiger partial charge >= 0.3 is 0 Å². The monoisotopic (exact) mass is 292 g/mol. The Balaban J connectivity index is 2.10. The highest BCUT2D eigenvalue weighted by atomic mass is 16.5. The molecular formula is C18H16N2O2. The summed E-state index contributed by atoms with van der Waals surface area (Å²) in [5.74, 6) is 0.705. The smallest absolute Gasteiger partial charge is 0.228 e. The van der Waals surface area contributed by atoms with Crippen molar-refractivity contribution in [2.24, 2.45) is 0 Å². The minimum atomic E-state index is -0.954. The summed E-state index contributed by atoms with van der Waals surface area (Å²) in [7, 11) is 1.60. The topological polar surface area (TPSA) is 53.3 Å². The summed E-state index contributed by atoms with van der Waals surface area (Å²) < 4.78 is 5.17. The van der Waals surface area contributed by atoms with Gasteiger partial charge in [0.25, 0.3) is 0 Å². The molecule has 0 aliphatic carbocycles. The van der Waals surface area contributed by atoms with Gasteiger partial charge in [0.15, 0.2) is 5.54 Å². The number of para-hydroxylation sites is 1. The molecule has 0 bridgehead atoms. The van der Waals surface area contributed by atoms with Crippen LogP contribution in [0.1, 0.15) is 18.4 Å². The number of anilines is 1. The Bertz CT molecular complexity index is 719. The first-order valence-electron chi connectivity index (χ1n) is 7.15. The van der Waals surface area contributed by atoms with E-state index in [-0.39, 0.29) is 5.91 Å². The number of hydrogen-bond acceptors (Lipinski definition) is 3. The summed E-state index contributed by atoms with van der Waals surface area (Å²) in [4.78, 5) is 14.0. The van der Waals surface area contributed by atoms with Crippen molar-refractivity contribution >= 4 is 11.6 Å². The second-order valence-corrected chi connectivity index (χ2v) is 5.27. The molecule has 1 fully saturated rings. The average Bonchev–Trinajstić information content (AvgIpc) is 2.93. The van der Waals surface area contributed by atoms with E-state index >= 15 is 0 Å². The third-order valence-electron chi connectivity index (χ3n) is 4.10. The first-order valence-corrected chi connectivity index (χ1v) is 7.15. The molecule has 1 saturated heterocycles. The lowest BCUT2D eigenvalue weighted by atomic mass is 9.88. The Morgan fingerprint density at radius 1 is 1.14 bits per heavy atom. The minimum Gasteiger partial charge on any atom is -0.497 e. The van der Waals surface area contributed by atoms with Gasteiger partial charge in [0.2, 0.25) is 5.91 Å². The highest BCUT2D eigenvalue weighted by molar-refractivity contribution is 5.98. The van der Waals surface area contributed by atoms with Crippen molar-refractivity contribution in [2.75, 3.05) is 12.0 Å². The average molecular weight is 292 g/mol. The number of hydrogen-bond donors (Lipinski definition) is 0. The van der Waals surface area contributed by atoms with Crippen molar-refractivity contribution in [1.82, 2.24) is 0 Å². The van der Waals surface area contributed by atoms with Gasteiger partial charge in [0.1, 0.15) is 5.75 Å².